The predicted molar refractivity (Wildman–Crippen MR) is 102 cm³/mol. The first kappa shape index (κ1) is 19.6. The molecule has 1 aliphatic heterocycles. The van der Waals surface area contributed by atoms with E-state index in [0.717, 1.165) is 32.6 Å². The topological polar surface area (TPSA) is 40.6 Å². The first-order valence-corrected chi connectivity index (χ1v) is 9.50. The summed E-state index contributed by atoms with van der Waals surface area (Å²) in [4.78, 5) is 29.0. The molecular formula is C21H32N2O2. The second-order valence-electron chi connectivity index (χ2n) is 7.73. The number of benzene rings is 1. The highest BCUT2D eigenvalue weighted by molar-refractivity contribution is 5.98. The van der Waals surface area contributed by atoms with Crippen molar-refractivity contribution in [3.8, 4) is 0 Å². The molecule has 0 radical (unpaired) electrons. The molecule has 1 saturated heterocycles. The van der Waals surface area contributed by atoms with Gasteiger partial charge in [0.05, 0.1) is 0 Å². The Labute approximate surface area is 152 Å². The number of hydrogen-bond donors (Lipinski definition) is 0. The number of ketones is 1. The lowest BCUT2D eigenvalue weighted by atomic mass is 9.99. The minimum absolute atomic E-state index is 0.0604. The molecule has 4 heteroatoms. The highest BCUT2D eigenvalue weighted by Gasteiger charge is 2.22. The molecule has 0 aromatic heterocycles. The van der Waals surface area contributed by atoms with Gasteiger partial charge < -0.3 is 4.90 Å². The Balaban J connectivity index is 1.78. The van der Waals surface area contributed by atoms with Gasteiger partial charge in [-0.25, -0.2) is 0 Å². The summed E-state index contributed by atoms with van der Waals surface area (Å²) in [5.41, 5.74) is 1.97. The van der Waals surface area contributed by atoms with E-state index in [2.05, 4.69) is 32.6 Å². The number of hydrogen-bond acceptors (Lipinski definition) is 3. The van der Waals surface area contributed by atoms with Crippen LogP contribution in [0, 0.1) is 5.92 Å². The van der Waals surface area contributed by atoms with Crippen LogP contribution in [-0.4, -0.2) is 53.7 Å². The lowest BCUT2D eigenvalue weighted by Crippen LogP contribution is -2.50. The molecule has 25 heavy (non-hydrogen) atoms. The van der Waals surface area contributed by atoms with Crippen LogP contribution in [0.3, 0.4) is 0 Å². The number of carbonyl (C=O) groups excluding carboxylic acids is 2. The molecule has 0 saturated carbocycles. The predicted octanol–water partition coefficient (Wildman–Crippen LogP) is 3.40. The fraction of sp³-hybridized carbons (Fsp3) is 0.619. The molecular weight excluding hydrogens is 312 g/mol. The van der Waals surface area contributed by atoms with Crippen molar-refractivity contribution in [3.63, 3.8) is 0 Å². The van der Waals surface area contributed by atoms with Crippen molar-refractivity contribution in [2.24, 2.45) is 5.92 Å². The fourth-order valence-electron chi connectivity index (χ4n) is 3.31. The molecule has 1 aromatic rings. The van der Waals surface area contributed by atoms with Crippen LogP contribution in [-0.2, 0) is 11.2 Å². The van der Waals surface area contributed by atoms with Gasteiger partial charge in [0.25, 0.3) is 0 Å². The van der Waals surface area contributed by atoms with E-state index < -0.39 is 0 Å². The van der Waals surface area contributed by atoms with Gasteiger partial charge >= 0.3 is 0 Å². The molecule has 0 spiro atoms. The van der Waals surface area contributed by atoms with Crippen LogP contribution in [0.1, 0.15) is 56.5 Å². The molecule has 0 atom stereocenters. The maximum absolute atomic E-state index is 12.3. The van der Waals surface area contributed by atoms with Crippen molar-refractivity contribution >= 4 is 11.7 Å². The van der Waals surface area contributed by atoms with Gasteiger partial charge in [-0.3, -0.25) is 14.5 Å². The number of Topliss-reactive ketones (excluding diaryl/α,β-unsaturated/α-hetero) is 1. The van der Waals surface area contributed by atoms with E-state index >= 15 is 0 Å². The minimum atomic E-state index is 0.0604. The summed E-state index contributed by atoms with van der Waals surface area (Å²) in [5.74, 6) is 0.772. The molecule has 4 nitrogen and oxygen atoms in total. The van der Waals surface area contributed by atoms with Gasteiger partial charge in [-0.05, 0) is 31.7 Å². The van der Waals surface area contributed by atoms with Gasteiger partial charge in [-0.15, -0.1) is 0 Å². The Morgan fingerprint density at radius 1 is 0.920 bits per heavy atom. The Morgan fingerprint density at radius 2 is 1.52 bits per heavy atom. The first-order chi connectivity index (χ1) is 11.9. The summed E-state index contributed by atoms with van der Waals surface area (Å²) in [7, 11) is 0. The van der Waals surface area contributed by atoms with Crippen LogP contribution < -0.4 is 0 Å². The van der Waals surface area contributed by atoms with Crippen molar-refractivity contribution in [2.75, 3.05) is 26.2 Å². The van der Waals surface area contributed by atoms with Crippen molar-refractivity contribution in [3.05, 3.63) is 35.4 Å². The van der Waals surface area contributed by atoms with Crippen LogP contribution in [0.15, 0.2) is 24.3 Å². The summed E-state index contributed by atoms with van der Waals surface area (Å²) in [5, 5.41) is 0. The molecule has 1 aromatic carbocycles. The van der Waals surface area contributed by atoms with Crippen molar-refractivity contribution in [1.29, 1.82) is 0 Å². The van der Waals surface area contributed by atoms with Gasteiger partial charge in [0.15, 0.2) is 5.78 Å². The van der Waals surface area contributed by atoms with E-state index in [1.807, 2.05) is 29.2 Å². The van der Waals surface area contributed by atoms with Gasteiger partial charge in [0, 0.05) is 50.6 Å². The molecule has 1 fully saturated rings. The summed E-state index contributed by atoms with van der Waals surface area (Å²) in [6.45, 7) is 12.1. The standard InChI is InChI=1S/C21H32N2O2/c1-16(2)15-18-5-7-19(8-6-18)20(24)9-10-21(25)23-13-11-22(12-14-23)17(3)4/h5-8,16-17H,9-15H2,1-4H3. The average Bonchev–Trinajstić information content (AvgIpc) is 2.59. The number of amides is 1. The first-order valence-electron chi connectivity index (χ1n) is 9.50. The number of carbonyl (C=O) groups is 2. The van der Waals surface area contributed by atoms with Gasteiger partial charge in [-0.1, -0.05) is 38.1 Å². The fourth-order valence-corrected chi connectivity index (χ4v) is 3.31. The SMILES string of the molecule is CC(C)Cc1ccc(C(=O)CCC(=O)N2CCN(C(C)C)CC2)cc1. The third kappa shape index (κ3) is 5.96. The van der Waals surface area contributed by atoms with Crippen LogP contribution in [0.4, 0.5) is 0 Å². The molecule has 2 rings (SSSR count). The molecule has 138 valence electrons. The smallest absolute Gasteiger partial charge is 0.223 e. The van der Waals surface area contributed by atoms with Crippen molar-refractivity contribution in [2.45, 2.75) is 53.0 Å². The van der Waals surface area contributed by atoms with Crippen LogP contribution >= 0.6 is 0 Å². The van der Waals surface area contributed by atoms with E-state index in [-0.39, 0.29) is 11.7 Å². The van der Waals surface area contributed by atoms with E-state index in [1.165, 1.54) is 5.56 Å². The Morgan fingerprint density at radius 3 is 2.04 bits per heavy atom. The molecule has 1 heterocycles. The number of piperazine rings is 1. The summed E-state index contributed by atoms with van der Waals surface area (Å²) >= 11 is 0. The molecule has 0 unspecified atom stereocenters. The lowest BCUT2D eigenvalue weighted by Gasteiger charge is -2.37. The van der Waals surface area contributed by atoms with Gasteiger partial charge in [0.1, 0.15) is 0 Å². The maximum atomic E-state index is 12.3. The molecule has 1 aliphatic rings. The Bertz CT molecular complexity index is 570. The zero-order valence-corrected chi connectivity index (χ0v) is 16.1. The van der Waals surface area contributed by atoms with Crippen LogP contribution in [0.5, 0.6) is 0 Å². The van der Waals surface area contributed by atoms with Crippen molar-refractivity contribution < 1.29 is 9.59 Å². The van der Waals surface area contributed by atoms with E-state index in [9.17, 15) is 9.59 Å². The molecule has 0 aliphatic carbocycles. The highest BCUT2D eigenvalue weighted by Crippen LogP contribution is 2.13. The summed E-state index contributed by atoms with van der Waals surface area (Å²) in [6.07, 6.45) is 1.64. The summed E-state index contributed by atoms with van der Waals surface area (Å²) < 4.78 is 0. The Kier molecular flexibility index (Phi) is 7.18. The van der Waals surface area contributed by atoms with Gasteiger partial charge in [-0.2, -0.15) is 0 Å². The van der Waals surface area contributed by atoms with Crippen LogP contribution in [0.2, 0.25) is 0 Å². The monoisotopic (exact) mass is 344 g/mol. The number of rotatable bonds is 7. The van der Waals surface area contributed by atoms with E-state index in [4.69, 9.17) is 0 Å². The zero-order chi connectivity index (χ0) is 18.4. The van der Waals surface area contributed by atoms with E-state index in [0.29, 0.717) is 30.4 Å². The lowest BCUT2D eigenvalue weighted by molar-refractivity contribution is -0.133. The number of nitrogens with zero attached hydrogens (tertiary/aromatic N) is 2. The normalized spacial score (nSPS) is 15.8. The summed E-state index contributed by atoms with van der Waals surface area (Å²) in [6, 6.07) is 8.37. The second kappa shape index (κ2) is 9.14. The van der Waals surface area contributed by atoms with Crippen molar-refractivity contribution in [1.82, 2.24) is 9.80 Å². The van der Waals surface area contributed by atoms with Gasteiger partial charge in [0.2, 0.25) is 5.91 Å². The average molecular weight is 344 g/mol. The third-order valence-corrected chi connectivity index (χ3v) is 4.88. The Hall–Kier alpha value is -1.68. The molecule has 0 N–H and O–H groups in total. The third-order valence-electron chi connectivity index (χ3n) is 4.88. The second-order valence-corrected chi connectivity index (χ2v) is 7.73. The minimum Gasteiger partial charge on any atom is -0.340 e. The zero-order valence-electron chi connectivity index (χ0n) is 16.1. The molecule has 1 amide bonds. The van der Waals surface area contributed by atoms with Crippen LogP contribution in [0.25, 0.3) is 0 Å². The maximum Gasteiger partial charge on any atom is 0.223 e. The van der Waals surface area contributed by atoms with E-state index in [1.54, 1.807) is 0 Å². The molecule has 0 bridgehead atoms. The highest BCUT2D eigenvalue weighted by atomic mass is 16.2. The quantitative estimate of drug-likeness (QED) is 0.712. The largest absolute Gasteiger partial charge is 0.340 e.